The van der Waals surface area contributed by atoms with Crippen LogP contribution >= 0.6 is 11.8 Å². The Kier molecular flexibility index (Phi) is 6.24. The Morgan fingerprint density at radius 1 is 1.10 bits per heavy atom. The van der Waals surface area contributed by atoms with Gasteiger partial charge in [-0.1, -0.05) is 74.7 Å². The topological polar surface area (TPSA) is 49.4 Å². The van der Waals surface area contributed by atoms with Crippen LogP contribution in [0.2, 0.25) is 0 Å². The molecule has 2 aromatic rings. The maximum absolute atomic E-state index is 13.7. The first-order chi connectivity index (χ1) is 14.8. The van der Waals surface area contributed by atoms with E-state index < -0.39 is 12.1 Å². The number of rotatable bonds is 6. The molecule has 2 aliphatic rings. The summed E-state index contributed by atoms with van der Waals surface area (Å²) in [5.41, 5.74) is 3.63. The highest BCUT2D eigenvalue weighted by atomic mass is 32.2. The average molecular weight is 435 g/mol. The Morgan fingerprint density at radius 3 is 2.32 bits per heavy atom. The van der Waals surface area contributed by atoms with Crippen molar-refractivity contribution < 1.29 is 9.59 Å². The molecule has 1 heterocycles. The van der Waals surface area contributed by atoms with E-state index in [9.17, 15) is 9.59 Å². The van der Waals surface area contributed by atoms with Gasteiger partial charge in [0, 0.05) is 11.4 Å². The van der Waals surface area contributed by atoms with Gasteiger partial charge in [-0.05, 0) is 59.3 Å². The first-order valence-corrected chi connectivity index (χ1v) is 11.8. The zero-order valence-electron chi connectivity index (χ0n) is 18.4. The van der Waals surface area contributed by atoms with Crippen LogP contribution in [0.25, 0.3) is 0 Å². The molecule has 31 heavy (non-hydrogen) atoms. The number of piperazine rings is 1. The monoisotopic (exact) mass is 434 g/mol. The fraction of sp³-hybridized carbons (Fsp3) is 0.385. The molecule has 0 spiro atoms. The summed E-state index contributed by atoms with van der Waals surface area (Å²) in [6, 6.07) is 15.5. The molecule has 0 bridgehead atoms. The third-order valence-corrected chi connectivity index (χ3v) is 7.20. The van der Waals surface area contributed by atoms with E-state index in [1.165, 1.54) is 11.1 Å². The highest BCUT2D eigenvalue weighted by Gasteiger charge is 2.46. The summed E-state index contributed by atoms with van der Waals surface area (Å²) < 4.78 is 0. The highest BCUT2D eigenvalue weighted by Crippen LogP contribution is 2.34. The fourth-order valence-electron chi connectivity index (χ4n) is 4.85. The van der Waals surface area contributed by atoms with Crippen LogP contribution in [0.4, 0.5) is 0 Å². The smallest absolute Gasteiger partial charge is 0.246 e. The molecule has 2 amide bonds. The third-order valence-electron chi connectivity index (χ3n) is 6.23. The molecule has 0 saturated carbocycles. The van der Waals surface area contributed by atoms with Gasteiger partial charge in [-0.3, -0.25) is 9.59 Å². The lowest BCUT2D eigenvalue weighted by Crippen LogP contribution is -2.66. The van der Waals surface area contributed by atoms with Crippen LogP contribution < -0.4 is 5.32 Å². The zero-order valence-corrected chi connectivity index (χ0v) is 19.2. The highest BCUT2D eigenvalue weighted by molar-refractivity contribution is 8.03. The number of carbonyl (C=O) groups is 2. The van der Waals surface area contributed by atoms with Gasteiger partial charge in [0.15, 0.2) is 0 Å². The van der Waals surface area contributed by atoms with Crippen LogP contribution in [0, 0.1) is 11.8 Å². The number of thioether (sulfide) groups is 1. The minimum absolute atomic E-state index is 0.0336. The van der Waals surface area contributed by atoms with Crippen molar-refractivity contribution >= 4 is 23.6 Å². The summed E-state index contributed by atoms with van der Waals surface area (Å²) in [6.45, 7) is 10.4. The molecule has 1 saturated heterocycles. The predicted octanol–water partition coefficient (Wildman–Crippen LogP) is 4.58. The second-order valence-electron chi connectivity index (χ2n) is 8.99. The Bertz CT molecular complexity index is 991. The van der Waals surface area contributed by atoms with Crippen molar-refractivity contribution in [2.24, 2.45) is 11.8 Å². The van der Waals surface area contributed by atoms with Crippen LogP contribution in [0.1, 0.15) is 37.5 Å². The van der Waals surface area contributed by atoms with Crippen molar-refractivity contribution in [3.63, 3.8) is 0 Å². The van der Waals surface area contributed by atoms with Gasteiger partial charge in [0.2, 0.25) is 11.8 Å². The van der Waals surface area contributed by atoms with Gasteiger partial charge < -0.3 is 10.2 Å². The molecule has 1 aliphatic carbocycles. The number of nitrogens with zero attached hydrogens (tertiary/aromatic N) is 1. The van der Waals surface area contributed by atoms with E-state index in [1.54, 1.807) is 11.8 Å². The standard InChI is InChI=1S/C26H30N2O2S/c1-16(2)24-25(29)27-23(21-13-18-9-5-6-10-19(18)14-21)26(30)28(24)15-20-11-7-8-12-22(20)31-17(3)4/h5-12,16,21,23-24H,3,13-15H2,1-2,4H3,(H,27,29)/t23-,24-/m1/s1. The molecular formula is C26H30N2O2S. The summed E-state index contributed by atoms with van der Waals surface area (Å²) in [5, 5.41) is 3.09. The number of benzene rings is 2. The van der Waals surface area contributed by atoms with Crippen molar-refractivity contribution in [1.29, 1.82) is 0 Å². The second kappa shape index (κ2) is 8.91. The van der Waals surface area contributed by atoms with Crippen LogP contribution in [0.5, 0.6) is 0 Å². The summed E-state index contributed by atoms with van der Waals surface area (Å²) in [5.74, 6) is 0.128. The Balaban J connectivity index is 1.62. The van der Waals surface area contributed by atoms with Gasteiger partial charge in [-0.2, -0.15) is 0 Å². The van der Waals surface area contributed by atoms with Gasteiger partial charge in [0.1, 0.15) is 12.1 Å². The maximum atomic E-state index is 13.7. The summed E-state index contributed by atoms with van der Waals surface area (Å²) in [6.07, 6.45) is 1.66. The fourth-order valence-corrected chi connectivity index (χ4v) is 5.64. The van der Waals surface area contributed by atoms with Gasteiger partial charge in [-0.25, -0.2) is 0 Å². The van der Waals surface area contributed by atoms with Crippen molar-refractivity contribution in [2.75, 3.05) is 0 Å². The largest absolute Gasteiger partial charge is 0.342 e. The summed E-state index contributed by atoms with van der Waals surface area (Å²) >= 11 is 1.61. The molecule has 5 heteroatoms. The molecule has 0 radical (unpaired) electrons. The predicted molar refractivity (Wildman–Crippen MR) is 126 cm³/mol. The number of hydrogen-bond acceptors (Lipinski definition) is 3. The number of hydrogen-bond donors (Lipinski definition) is 1. The minimum Gasteiger partial charge on any atom is -0.342 e. The molecule has 162 valence electrons. The lowest BCUT2D eigenvalue weighted by molar-refractivity contribution is -0.153. The molecule has 1 fully saturated rings. The van der Waals surface area contributed by atoms with Crippen LogP contribution in [0.15, 0.2) is 64.9 Å². The van der Waals surface area contributed by atoms with Crippen molar-refractivity contribution in [3.8, 4) is 0 Å². The van der Waals surface area contributed by atoms with E-state index in [4.69, 9.17) is 0 Å². The van der Waals surface area contributed by atoms with E-state index in [1.807, 2.05) is 56.0 Å². The zero-order chi connectivity index (χ0) is 22.1. The lowest BCUT2D eigenvalue weighted by Gasteiger charge is -2.42. The minimum atomic E-state index is -0.476. The summed E-state index contributed by atoms with van der Waals surface area (Å²) in [7, 11) is 0. The summed E-state index contributed by atoms with van der Waals surface area (Å²) in [4.78, 5) is 30.8. The molecule has 0 aromatic heterocycles. The normalized spacial score (nSPS) is 21.4. The molecule has 2 aromatic carbocycles. The molecule has 4 nitrogen and oxygen atoms in total. The molecule has 2 atom stereocenters. The van der Waals surface area contributed by atoms with Crippen molar-refractivity contribution in [3.05, 3.63) is 76.7 Å². The van der Waals surface area contributed by atoms with Gasteiger partial charge in [0.05, 0.1) is 0 Å². The Morgan fingerprint density at radius 2 is 1.71 bits per heavy atom. The third kappa shape index (κ3) is 4.42. The van der Waals surface area contributed by atoms with E-state index in [0.29, 0.717) is 6.54 Å². The van der Waals surface area contributed by atoms with Gasteiger partial charge in [-0.15, -0.1) is 0 Å². The van der Waals surface area contributed by atoms with E-state index in [0.717, 1.165) is 28.2 Å². The molecule has 0 unspecified atom stereocenters. The van der Waals surface area contributed by atoms with E-state index in [2.05, 4.69) is 30.1 Å². The van der Waals surface area contributed by atoms with Crippen LogP contribution in [-0.4, -0.2) is 28.8 Å². The maximum Gasteiger partial charge on any atom is 0.246 e. The molecular weight excluding hydrogens is 404 g/mol. The second-order valence-corrected chi connectivity index (χ2v) is 10.3. The average Bonchev–Trinajstić information content (AvgIpc) is 3.15. The van der Waals surface area contributed by atoms with Crippen molar-refractivity contribution in [2.45, 2.75) is 57.1 Å². The SMILES string of the molecule is C=C(C)Sc1ccccc1CN1C(=O)[C@@H](C2Cc3ccccc3C2)NC(=O)[C@H]1C(C)C. The number of nitrogens with one attached hydrogen (secondary N) is 1. The molecule has 1 N–H and O–H groups in total. The molecule has 4 rings (SSSR count). The number of amides is 2. The molecule has 1 aliphatic heterocycles. The van der Waals surface area contributed by atoms with Gasteiger partial charge in [0.25, 0.3) is 0 Å². The van der Waals surface area contributed by atoms with Crippen LogP contribution in [-0.2, 0) is 29.0 Å². The first-order valence-electron chi connectivity index (χ1n) is 10.9. The first kappa shape index (κ1) is 21.7. The van der Waals surface area contributed by atoms with Crippen LogP contribution in [0.3, 0.4) is 0 Å². The van der Waals surface area contributed by atoms with Crippen molar-refractivity contribution in [1.82, 2.24) is 10.2 Å². The quantitative estimate of drug-likeness (QED) is 0.677. The van der Waals surface area contributed by atoms with Gasteiger partial charge >= 0.3 is 0 Å². The van der Waals surface area contributed by atoms with E-state index in [-0.39, 0.29) is 23.7 Å². The Labute approximate surface area is 189 Å². The number of fused-ring (bicyclic) bond motifs is 1. The Hall–Kier alpha value is -2.53. The lowest BCUT2D eigenvalue weighted by atomic mass is 9.89. The van der Waals surface area contributed by atoms with E-state index >= 15 is 0 Å². The number of allylic oxidation sites excluding steroid dienone is 1. The number of carbonyl (C=O) groups excluding carboxylic acids is 2.